The maximum absolute atomic E-state index is 11.7. The molecule has 1 aliphatic heterocycles. The molecule has 0 aliphatic carbocycles. The van der Waals surface area contributed by atoms with Crippen LogP contribution in [0.4, 0.5) is 0 Å². The van der Waals surface area contributed by atoms with Gasteiger partial charge in [-0.25, -0.2) is 0 Å². The van der Waals surface area contributed by atoms with Gasteiger partial charge in [0, 0.05) is 32.7 Å². The molecule has 1 atom stereocenters. The number of nitrogens with zero attached hydrogens (tertiary/aromatic N) is 1. The molecular formula is C11H22N2O2. The average Bonchev–Trinajstić information content (AvgIpc) is 2.27. The summed E-state index contributed by atoms with van der Waals surface area (Å²) in [5.41, 5.74) is 0. The summed E-state index contributed by atoms with van der Waals surface area (Å²) in [5, 5.41) is 11.9. The van der Waals surface area contributed by atoms with Gasteiger partial charge in [0.05, 0.1) is 0 Å². The number of piperidine rings is 1. The van der Waals surface area contributed by atoms with Crippen LogP contribution >= 0.6 is 0 Å². The molecule has 0 saturated carbocycles. The minimum absolute atomic E-state index is 0.239. The van der Waals surface area contributed by atoms with E-state index in [-0.39, 0.29) is 12.5 Å². The maximum atomic E-state index is 11.7. The summed E-state index contributed by atoms with van der Waals surface area (Å²) < 4.78 is 0. The lowest BCUT2D eigenvalue weighted by molar-refractivity contribution is -0.133. The summed E-state index contributed by atoms with van der Waals surface area (Å²) in [6.07, 6.45) is 3.64. The van der Waals surface area contributed by atoms with E-state index in [2.05, 4.69) is 5.32 Å². The van der Waals surface area contributed by atoms with E-state index in [0.29, 0.717) is 12.3 Å². The predicted octanol–water partition coefficient (Wildman–Crippen LogP) is 0.217. The molecule has 0 radical (unpaired) electrons. The Morgan fingerprint density at radius 2 is 2.40 bits per heavy atom. The standard InChI is InChI=1S/C11H22N2O2/c1-12-6-4-11(15)13-7-2-3-10(9-13)5-8-14/h10,12,14H,2-9H2,1H3. The number of hydrogen-bond donors (Lipinski definition) is 2. The highest BCUT2D eigenvalue weighted by atomic mass is 16.3. The second-order valence-corrected chi connectivity index (χ2v) is 4.21. The van der Waals surface area contributed by atoms with Gasteiger partial charge >= 0.3 is 0 Å². The topological polar surface area (TPSA) is 52.6 Å². The Balaban J connectivity index is 2.31. The van der Waals surface area contributed by atoms with Gasteiger partial charge < -0.3 is 15.3 Å². The van der Waals surface area contributed by atoms with Gasteiger partial charge in [-0.2, -0.15) is 0 Å². The van der Waals surface area contributed by atoms with Crippen molar-refractivity contribution in [2.24, 2.45) is 5.92 Å². The molecule has 88 valence electrons. The highest BCUT2D eigenvalue weighted by Crippen LogP contribution is 2.19. The lowest BCUT2D eigenvalue weighted by atomic mass is 9.95. The Hall–Kier alpha value is -0.610. The van der Waals surface area contributed by atoms with Crippen molar-refractivity contribution in [3.63, 3.8) is 0 Å². The van der Waals surface area contributed by atoms with E-state index < -0.39 is 0 Å². The molecule has 1 fully saturated rings. The van der Waals surface area contributed by atoms with Gasteiger partial charge in [-0.3, -0.25) is 4.79 Å². The summed E-state index contributed by atoms with van der Waals surface area (Å²) in [7, 11) is 1.86. The molecule has 15 heavy (non-hydrogen) atoms. The molecule has 0 aromatic heterocycles. The largest absolute Gasteiger partial charge is 0.396 e. The average molecular weight is 214 g/mol. The molecule has 1 amide bonds. The van der Waals surface area contributed by atoms with E-state index in [9.17, 15) is 4.79 Å². The number of nitrogens with one attached hydrogen (secondary N) is 1. The molecule has 1 heterocycles. The molecule has 1 unspecified atom stereocenters. The first-order valence-electron chi connectivity index (χ1n) is 5.81. The number of hydrogen-bond acceptors (Lipinski definition) is 3. The number of carbonyl (C=O) groups excluding carboxylic acids is 1. The second kappa shape index (κ2) is 6.80. The van der Waals surface area contributed by atoms with E-state index in [1.807, 2.05) is 11.9 Å². The summed E-state index contributed by atoms with van der Waals surface area (Å²) >= 11 is 0. The number of carbonyl (C=O) groups is 1. The monoisotopic (exact) mass is 214 g/mol. The minimum Gasteiger partial charge on any atom is -0.396 e. The number of aliphatic hydroxyl groups is 1. The first-order chi connectivity index (χ1) is 7.27. The predicted molar refractivity (Wildman–Crippen MR) is 59.6 cm³/mol. The fourth-order valence-corrected chi connectivity index (χ4v) is 2.10. The minimum atomic E-state index is 0.239. The fraction of sp³-hybridized carbons (Fsp3) is 0.909. The highest BCUT2D eigenvalue weighted by molar-refractivity contribution is 5.76. The quantitative estimate of drug-likeness (QED) is 0.688. The van der Waals surface area contributed by atoms with E-state index in [1.165, 1.54) is 0 Å². The van der Waals surface area contributed by atoms with Crippen LogP contribution in [0, 0.1) is 5.92 Å². The lowest BCUT2D eigenvalue weighted by Gasteiger charge is -2.32. The molecule has 4 heteroatoms. The third-order valence-corrected chi connectivity index (χ3v) is 3.00. The number of rotatable bonds is 5. The molecule has 1 saturated heterocycles. The van der Waals surface area contributed by atoms with Crippen molar-refractivity contribution in [2.45, 2.75) is 25.7 Å². The van der Waals surface area contributed by atoms with Crippen LogP contribution < -0.4 is 5.32 Å². The van der Waals surface area contributed by atoms with Gasteiger partial charge in [0.1, 0.15) is 0 Å². The van der Waals surface area contributed by atoms with Crippen LogP contribution in [0.3, 0.4) is 0 Å². The molecule has 1 aliphatic rings. The number of aliphatic hydroxyl groups excluding tert-OH is 1. The molecule has 0 bridgehead atoms. The highest BCUT2D eigenvalue weighted by Gasteiger charge is 2.22. The molecule has 0 aromatic rings. The Morgan fingerprint density at radius 3 is 3.07 bits per heavy atom. The first-order valence-corrected chi connectivity index (χ1v) is 5.81. The van der Waals surface area contributed by atoms with Gasteiger partial charge in [-0.1, -0.05) is 0 Å². The molecule has 0 spiro atoms. The Bertz CT molecular complexity index is 195. The van der Waals surface area contributed by atoms with Gasteiger partial charge in [0.25, 0.3) is 0 Å². The van der Waals surface area contributed by atoms with Crippen molar-refractivity contribution in [3.05, 3.63) is 0 Å². The molecule has 2 N–H and O–H groups in total. The number of amides is 1. The first kappa shape index (κ1) is 12.5. The summed E-state index contributed by atoms with van der Waals surface area (Å²) in [6, 6.07) is 0. The third kappa shape index (κ3) is 4.18. The zero-order chi connectivity index (χ0) is 11.1. The van der Waals surface area contributed by atoms with Gasteiger partial charge in [0.2, 0.25) is 5.91 Å². The van der Waals surface area contributed by atoms with E-state index >= 15 is 0 Å². The molecule has 0 aromatic carbocycles. The van der Waals surface area contributed by atoms with Crippen LogP contribution in [0.25, 0.3) is 0 Å². The van der Waals surface area contributed by atoms with Crippen molar-refractivity contribution in [2.75, 3.05) is 33.3 Å². The van der Waals surface area contributed by atoms with Crippen molar-refractivity contribution in [3.8, 4) is 0 Å². The Kier molecular flexibility index (Phi) is 5.65. The summed E-state index contributed by atoms with van der Waals surface area (Å²) in [6.45, 7) is 2.72. The number of likely N-dealkylation sites (tertiary alicyclic amines) is 1. The second-order valence-electron chi connectivity index (χ2n) is 4.21. The van der Waals surface area contributed by atoms with E-state index in [0.717, 1.165) is 38.9 Å². The van der Waals surface area contributed by atoms with Crippen LogP contribution in [0.5, 0.6) is 0 Å². The summed E-state index contributed by atoms with van der Waals surface area (Å²) in [4.78, 5) is 13.7. The van der Waals surface area contributed by atoms with E-state index in [4.69, 9.17) is 5.11 Å². The SMILES string of the molecule is CNCCC(=O)N1CCCC(CCO)C1. The van der Waals surface area contributed by atoms with Gasteiger partial charge in [-0.15, -0.1) is 0 Å². The Labute approximate surface area is 91.6 Å². The van der Waals surface area contributed by atoms with Crippen LogP contribution in [0.1, 0.15) is 25.7 Å². The van der Waals surface area contributed by atoms with Gasteiger partial charge in [0.15, 0.2) is 0 Å². The fourth-order valence-electron chi connectivity index (χ4n) is 2.10. The zero-order valence-electron chi connectivity index (χ0n) is 9.54. The molecule has 4 nitrogen and oxygen atoms in total. The van der Waals surface area contributed by atoms with Crippen LogP contribution in [0.2, 0.25) is 0 Å². The van der Waals surface area contributed by atoms with Crippen molar-refractivity contribution in [1.82, 2.24) is 10.2 Å². The van der Waals surface area contributed by atoms with Crippen LogP contribution in [0.15, 0.2) is 0 Å². The van der Waals surface area contributed by atoms with Crippen molar-refractivity contribution >= 4 is 5.91 Å². The van der Waals surface area contributed by atoms with Crippen LogP contribution in [-0.4, -0.2) is 49.2 Å². The van der Waals surface area contributed by atoms with Gasteiger partial charge in [-0.05, 0) is 32.2 Å². The van der Waals surface area contributed by atoms with Crippen molar-refractivity contribution < 1.29 is 9.90 Å². The maximum Gasteiger partial charge on any atom is 0.223 e. The molecule has 1 rings (SSSR count). The Morgan fingerprint density at radius 1 is 1.60 bits per heavy atom. The van der Waals surface area contributed by atoms with Crippen LogP contribution in [-0.2, 0) is 4.79 Å². The van der Waals surface area contributed by atoms with Crippen molar-refractivity contribution in [1.29, 1.82) is 0 Å². The normalized spacial score (nSPS) is 21.7. The summed E-state index contributed by atoms with van der Waals surface area (Å²) in [5.74, 6) is 0.745. The van der Waals surface area contributed by atoms with E-state index in [1.54, 1.807) is 0 Å². The lowest BCUT2D eigenvalue weighted by Crippen LogP contribution is -2.40. The third-order valence-electron chi connectivity index (χ3n) is 3.00. The zero-order valence-corrected chi connectivity index (χ0v) is 9.54. The smallest absolute Gasteiger partial charge is 0.223 e. The molecular weight excluding hydrogens is 192 g/mol.